The number of hydrogen-bond acceptors (Lipinski definition) is 4. The zero-order valence-corrected chi connectivity index (χ0v) is 8.61. The maximum atomic E-state index is 10.9. The van der Waals surface area contributed by atoms with Gasteiger partial charge in [0.15, 0.2) is 0 Å². The van der Waals surface area contributed by atoms with Crippen molar-refractivity contribution in [1.82, 2.24) is 14.8 Å². The Labute approximate surface area is 91.6 Å². The van der Waals surface area contributed by atoms with Gasteiger partial charge in [0.25, 0.3) is 0 Å². The molecule has 2 heterocycles. The molecular formula is C9H12N4O3. The summed E-state index contributed by atoms with van der Waals surface area (Å²) in [6.07, 6.45) is 2.86. The standard InChI is InChI=1S/C9H12N4O3/c14-9(15)8-1-4-10-13(8)7-2-5-12(11-16)6-3-7/h1,4,7H,2-3,5-6H2,(H,14,15). The van der Waals surface area contributed by atoms with Crippen LogP contribution in [0.25, 0.3) is 0 Å². The first-order valence-electron chi connectivity index (χ1n) is 5.07. The predicted octanol–water partition coefficient (Wildman–Crippen LogP) is 0.900. The Morgan fingerprint density at radius 1 is 1.50 bits per heavy atom. The number of nitrogens with zero attached hydrogens (tertiary/aromatic N) is 4. The summed E-state index contributed by atoms with van der Waals surface area (Å²) < 4.78 is 1.52. The molecule has 16 heavy (non-hydrogen) atoms. The van der Waals surface area contributed by atoms with Crippen LogP contribution in [0, 0.1) is 4.91 Å². The zero-order chi connectivity index (χ0) is 11.5. The predicted molar refractivity (Wildman–Crippen MR) is 54.8 cm³/mol. The number of piperidine rings is 1. The van der Waals surface area contributed by atoms with Gasteiger partial charge in [-0.2, -0.15) is 5.10 Å². The molecule has 1 saturated heterocycles. The molecule has 1 aromatic heterocycles. The molecule has 2 rings (SSSR count). The lowest BCUT2D eigenvalue weighted by Crippen LogP contribution is -2.32. The number of hydrogen-bond donors (Lipinski definition) is 1. The van der Waals surface area contributed by atoms with E-state index in [-0.39, 0.29) is 11.7 Å². The third-order valence-corrected chi connectivity index (χ3v) is 2.79. The van der Waals surface area contributed by atoms with Crippen LogP contribution in [0.4, 0.5) is 0 Å². The van der Waals surface area contributed by atoms with E-state index in [4.69, 9.17) is 5.11 Å². The van der Waals surface area contributed by atoms with Crippen molar-refractivity contribution in [3.8, 4) is 0 Å². The van der Waals surface area contributed by atoms with Gasteiger partial charge in [-0.15, -0.1) is 4.91 Å². The van der Waals surface area contributed by atoms with Gasteiger partial charge in [0.1, 0.15) is 5.69 Å². The largest absolute Gasteiger partial charge is 0.477 e. The van der Waals surface area contributed by atoms with E-state index in [2.05, 4.69) is 10.4 Å². The third kappa shape index (κ3) is 1.88. The molecule has 7 heteroatoms. The average Bonchev–Trinajstić information content (AvgIpc) is 2.78. The van der Waals surface area contributed by atoms with E-state index >= 15 is 0 Å². The quantitative estimate of drug-likeness (QED) is 0.770. The maximum absolute atomic E-state index is 10.9. The van der Waals surface area contributed by atoms with Crippen molar-refractivity contribution in [2.24, 2.45) is 5.29 Å². The molecule has 0 atom stereocenters. The van der Waals surface area contributed by atoms with Gasteiger partial charge in [0.2, 0.25) is 0 Å². The summed E-state index contributed by atoms with van der Waals surface area (Å²) in [5.41, 5.74) is 0.192. The molecule has 7 nitrogen and oxygen atoms in total. The molecule has 0 spiro atoms. The molecule has 0 radical (unpaired) electrons. The van der Waals surface area contributed by atoms with Gasteiger partial charge in [-0.25, -0.2) is 4.79 Å². The van der Waals surface area contributed by atoms with Gasteiger partial charge >= 0.3 is 5.97 Å². The lowest BCUT2D eigenvalue weighted by molar-refractivity contribution is 0.0674. The molecule has 1 fully saturated rings. The van der Waals surface area contributed by atoms with Crippen molar-refractivity contribution >= 4 is 5.97 Å². The minimum Gasteiger partial charge on any atom is -0.477 e. The van der Waals surface area contributed by atoms with Gasteiger partial charge < -0.3 is 5.11 Å². The number of rotatable bonds is 3. The minimum atomic E-state index is -0.978. The van der Waals surface area contributed by atoms with Crippen molar-refractivity contribution in [3.63, 3.8) is 0 Å². The lowest BCUT2D eigenvalue weighted by atomic mass is 10.1. The summed E-state index contributed by atoms with van der Waals surface area (Å²) in [5, 5.41) is 17.3. The Kier molecular flexibility index (Phi) is 2.84. The Morgan fingerprint density at radius 3 is 2.75 bits per heavy atom. The number of carboxylic acid groups (broad SMARTS) is 1. The Balaban J connectivity index is 2.11. The second kappa shape index (κ2) is 4.30. The topological polar surface area (TPSA) is 87.8 Å². The molecule has 86 valence electrons. The summed E-state index contributed by atoms with van der Waals surface area (Å²) in [5.74, 6) is -0.978. The van der Waals surface area contributed by atoms with Gasteiger partial charge in [0, 0.05) is 19.3 Å². The van der Waals surface area contributed by atoms with E-state index < -0.39 is 5.97 Å². The number of aromatic carboxylic acids is 1. The summed E-state index contributed by atoms with van der Waals surface area (Å²) >= 11 is 0. The van der Waals surface area contributed by atoms with Crippen LogP contribution >= 0.6 is 0 Å². The Morgan fingerprint density at radius 2 is 2.19 bits per heavy atom. The summed E-state index contributed by atoms with van der Waals surface area (Å²) in [6, 6.07) is 1.52. The van der Waals surface area contributed by atoms with Crippen LogP contribution in [0.15, 0.2) is 17.5 Å². The molecule has 1 N–H and O–H groups in total. The average molecular weight is 224 g/mol. The van der Waals surface area contributed by atoms with Crippen LogP contribution in [-0.2, 0) is 0 Å². The van der Waals surface area contributed by atoms with Crippen LogP contribution in [0.3, 0.4) is 0 Å². The highest BCUT2D eigenvalue weighted by Gasteiger charge is 2.24. The minimum absolute atomic E-state index is 0.0408. The first kappa shape index (κ1) is 10.6. The van der Waals surface area contributed by atoms with Crippen LogP contribution < -0.4 is 0 Å². The number of carboxylic acids is 1. The highest BCUT2D eigenvalue weighted by atomic mass is 16.4. The number of aromatic nitrogens is 2. The van der Waals surface area contributed by atoms with Crippen LogP contribution in [-0.4, -0.2) is 39.0 Å². The van der Waals surface area contributed by atoms with Gasteiger partial charge in [-0.1, -0.05) is 0 Å². The van der Waals surface area contributed by atoms with E-state index in [1.54, 1.807) is 0 Å². The van der Waals surface area contributed by atoms with Crippen molar-refractivity contribution in [3.05, 3.63) is 22.9 Å². The van der Waals surface area contributed by atoms with E-state index in [1.807, 2.05) is 0 Å². The highest BCUT2D eigenvalue weighted by molar-refractivity contribution is 5.85. The molecule has 0 bridgehead atoms. The van der Waals surface area contributed by atoms with Crippen LogP contribution in [0.5, 0.6) is 0 Å². The first-order chi connectivity index (χ1) is 7.72. The molecule has 0 saturated carbocycles. The summed E-state index contributed by atoms with van der Waals surface area (Å²) in [4.78, 5) is 21.2. The second-order valence-electron chi connectivity index (χ2n) is 3.73. The van der Waals surface area contributed by atoms with E-state index in [0.717, 1.165) is 0 Å². The van der Waals surface area contributed by atoms with Crippen LogP contribution in [0.1, 0.15) is 29.4 Å². The number of carbonyl (C=O) groups is 1. The monoisotopic (exact) mass is 224 g/mol. The fraction of sp³-hybridized carbons (Fsp3) is 0.556. The third-order valence-electron chi connectivity index (χ3n) is 2.79. The van der Waals surface area contributed by atoms with E-state index in [1.165, 1.54) is 22.0 Å². The Bertz CT molecular complexity index is 395. The normalized spacial score (nSPS) is 17.4. The van der Waals surface area contributed by atoms with Crippen molar-refractivity contribution in [1.29, 1.82) is 0 Å². The summed E-state index contributed by atoms with van der Waals surface area (Å²) in [6.45, 7) is 1.10. The van der Waals surface area contributed by atoms with E-state index in [0.29, 0.717) is 25.9 Å². The zero-order valence-electron chi connectivity index (χ0n) is 8.61. The SMILES string of the molecule is O=NN1CCC(n2nccc2C(=O)O)CC1. The molecular weight excluding hydrogens is 212 g/mol. The van der Waals surface area contributed by atoms with Crippen LogP contribution in [0.2, 0.25) is 0 Å². The molecule has 1 aromatic rings. The molecule has 0 aliphatic carbocycles. The first-order valence-corrected chi connectivity index (χ1v) is 5.07. The molecule has 1 aliphatic rings. The van der Waals surface area contributed by atoms with Crippen molar-refractivity contribution in [2.45, 2.75) is 18.9 Å². The van der Waals surface area contributed by atoms with Gasteiger partial charge in [0.05, 0.1) is 11.3 Å². The van der Waals surface area contributed by atoms with Gasteiger partial charge in [-0.3, -0.25) is 9.69 Å². The molecule has 0 amide bonds. The Hall–Kier alpha value is -1.92. The fourth-order valence-electron chi connectivity index (χ4n) is 1.95. The number of nitroso groups, excluding NO2 is 1. The second-order valence-corrected chi connectivity index (χ2v) is 3.73. The molecule has 0 unspecified atom stereocenters. The molecule has 0 aromatic carbocycles. The van der Waals surface area contributed by atoms with Gasteiger partial charge in [-0.05, 0) is 18.9 Å². The fourth-order valence-corrected chi connectivity index (χ4v) is 1.95. The maximum Gasteiger partial charge on any atom is 0.354 e. The highest BCUT2D eigenvalue weighted by Crippen LogP contribution is 2.23. The lowest BCUT2D eigenvalue weighted by Gasteiger charge is -2.28. The van der Waals surface area contributed by atoms with Crippen molar-refractivity contribution in [2.75, 3.05) is 13.1 Å². The van der Waals surface area contributed by atoms with E-state index in [9.17, 15) is 9.70 Å². The summed E-state index contributed by atoms with van der Waals surface area (Å²) in [7, 11) is 0. The van der Waals surface area contributed by atoms with Crippen molar-refractivity contribution < 1.29 is 9.90 Å². The smallest absolute Gasteiger partial charge is 0.354 e. The molecule has 1 aliphatic heterocycles.